The first-order valence-corrected chi connectivity index (χ1v) is 9.60. The van der Waals surface area contributed by atoms with Gasteiger partial charge in [0, 0.05) is 0 Å². The zero-order valence-corrected chi connectivity index (χ0v) is 17.3. The Morgan fingerprint density at radius 3 is 2.40 bits per heavy atom. The highest BCUT2D eigenvalue weighted by Crippen LogP contribution is 2.54. The molecule has 0 radical (unpaired) electrons. The van der Waals surface area contributed by atoms with Crippen LogP contribution in [0.4, 0.5) is 4.79 Å². The molecule has 1 atom stereocenters. The number of ether oxygens (including phenoxy) is 1. The number of carbonyl (C=O) groups is 5. The van der Waals surface area contributed by atoms with E-state index in [2.05, 4.69) is 0 Å². The van der Waals surface area contributed by atoms with Crippen molar-refractivity contribution in [2.75, 3.05) is 0 Å². The average Bonchev–Trinajstić information content (AvgIpc) is 3.39. The van der Waals surface area contributed by atoms with Gasteiger partial charge in [0.05, 0.1) is 11.0 Å². The summed E-state index contributed by atoms with van der Waals surface area (Å²) in [5.41, 5.74) is -1.64. The summed E-state index contributed by atoms with van der Waals surface area (Å²) in [5, 5.41) is 10.1. The van der Waals surface area contributed by atoms with Gasteiger partial charge in [0.15, 0.2) is 0 Å². The molecule has 1 saturated carbocycles. The van der Waals surface area contributed by atoms with Gasteiger partial charge in [-0.05, 0) is 58.6 Å². The third-order valence-electron chi connectivity index (χ3n) is 5.32. The molecule has 1 aliphatic heterocycles. The van der Waals surface area contributed by atoms with Gasteiger partial charge in [-0.3, -0.25) is 24.1 Å². The molecule has 1 heterocycles. The molecule has 1 aromatic carbocycles. The molecule has 0 unspecified atom stereocenters. The van der Waals surface area contributed by atoms with Gasteiger partial charge in [-0.25, -0.2) is 4.79 Å². The normalized spacial score (nSPS) is 20.1. The van der Waals surface area contributed by atoms with E-state index < -0.39 is 40.9 Å². The highest BCUT2D eigenvalue weighted by atomic mass is 16.6. The first-order chi connectivity index (χ1) is 13.9. The van der Waals surface area contributed by atoms with Crippen molar-refractivity contribution in [2.24, 2.45) is 5.41 Å². The van der Waals surface area contributed by atoms with Crippen molar-refractivity contribution in [2.45, 2.75) is 58.6 Å². The van der Waals surface area contributed by atoms with Crippen LogP contribution in [0.2, 0.25) is 0 Å². The first kappa shape index (κ1) is 21.5. The van der Waals surface area contributed by atoms with Crippen LogP contribution in [-0.2, 0) is 19.1 Å². The van der Waals surface area contributed by atoms with Gasteiger partial charge < -0.3 is 9.84 Å². The lowest BCUT2D eigenvalue weighted by Crippen LogP contribution is -2.61. The van der Waals surface area contributed by atoms with Gasteiger partial charge in [-0.2, -0.15) is 4.90 Å². The number of rotatable bonds is 3. The quantitative estimate of drug-likeness (QED) is 0.592. The lowest BCUT2D eigenvalue weighted by atomic mass is 9.88. The van der Waals surface area contributed by atoms with Gasteiger partial charge in [-0.1, -0.05) is 12.1 Å². The van der Waals surface area contributed by atoms with E-state index in [1.54, 1.807) is 39.8 Å². The molecule has 2 aliphatic rings. The number of phenolic OH excluding ortho intramolecular Hbond substituents is 1. The van der Waals surface area contributed by atoms with Crippen LogP contribution in [0.3, 0.4) is 0 Å². The maximum Gasteiger partial charge on any atom is 0.424 e. The second kappa shape index (κ2) is 7.23. The van der Waals surface area contributed by atoms with Crippen molar-refractivity contribution in [1.82, 2.24) is 9.80 Å². The lowest BCUT2D eigenvalue weighted by Gasteiger charge is -2.38. The SMILES string of the molecule is Cc1cccc(O)c1C(=O)N(C=O)[C@H]1CC2(CC2)C(=O)N(C(=O)OC(C)(C)C)C1=O. The Labute approximate surface area is 173 Å². The largest absolute Gasteiger partial charge is 0.507 e. The average molecular weight is 416 g/mol. The number of aromatic hydroxyl groups is 1. The van der Waals surface area contributed by atoms with Crippen LogP contribution in [0.1, 0.15) is 56.0 Å². The fourth-order valence-electron chi connectivity index (χ4n) is 3.62. The summed E-state index contributed by atoms with van der Waals surface area (Å²) >= 11 is 0. The van der Waals surface area contributed by atoms with E-state index in [1.807, 2.05) is 0 Å². The van der Waals surface area contributed by atoms with Gasteiger partial charge >= 0.3 is 6.09 Å². The summed E-state index contributed by atoms with van der Waals surface area (Å²) in [6, 6.07) is 3.06. The highest BCUT2D eigenvalue weighted by Gasteiger charge is 2.62. The number of piperidine rings is 1. The van der Waals surface area contributed by atoms with Crippen molar-refractivity contribution in [3.05, 3.63) is 29.3 Å². The molecule has 2 fully saturated rings. The van der Waals surface area contributed by atoms with Gasteiger partial charge in [-0.15, -0.1) is 0 Å². The van der Waals surface area contributed by atoms with Crippen molar-refractivity contribution in [3.63, 3.8) is 0 Å². The summed E-state index contributed by atoms with van der Waals surface area (Å²) in [6.45, 7) is 6.36. The molecule has 1 aromatic rings. The minimum atomic E-state index is -1.36. The Morgan fingerprint density at radius 2 is 1.90 bits per heavy atom. The number of nitrogens with zero attached hydrogens (tertiary/aromatic N) is 2. The number of imide groups is 4. The van der Waals surface area contributed by atoms with Gasteiger partial charge in [0.1, 0.15) is 17.4 Å². The standard InChI is InChI=1S/C21H24N2O7/c1-12-6-5-7-14(25)15(12)17(27)22(11-24)13-10-21(8-9-21)18(28)23(16(13)26)19(29)30-20(2,3)4/h5-7,11,13,25H,8-10H2,1-4H3/t13-/m0/s1. The summed E-state index contributed by atoms with van der Waals surface area (Å²) in [6.07, 6.45) is -0.140. The Balaban J connectivity index is 1.98. The Morgan fingerprint density at radius 1 is 1.27 bits per heavy atom. The number of hydrogen-bond donors (Lipinski definition) is 1. The molecule has 1 aliphatic carbocycles. The molecule has 3 rings (SSSR count). The number of aryl methyl sites for hydroxylation is 1. The van der Waals surface area contributed by atoms with E-state index in [1.165, 1.54) is 6.07 Å². The molecule has 1 N–H and O–H groups in total. The molecular formula is C21H24N2O7. The van der Waals surface area contributed by atoms with Crippen LogP contribution in [-0.4, -0.2) is 56.8 Å². The predicted octanol–water partition coefficient (Wildman–Crippen LogP) is 2.14. The van der Waals surface area contributed by atoms with Crippen LogP contribution in [0.5, 0.6) is 5.75 Å². The molecule has 0 aromatic heterocycles. The van der Waals surface area contributed by atoms with Crippen LogP contribution in [0, 0.1) is 12.3 Å². The Kier molecular flexibility index (Phi) is 5.17. The van der Waals surface area contributed by atoms with Crippen LogP contribution < -0.4 is 0 Å². The molecule has 9 heteroatoms. The van der Waals surface area contributed by atoms with Crippen molar-refractivity contribution < 1.29 is 33.8 Å². The first-order valence-electron chi connectivity index (χ1n) is 9.60. The van der Waals surface area contributed by atoms with Crippen LogP contribution >= 0.6 is 0 Å². The van der Waals surface area contributed by atoms with E-state index in [9.17, 15) is 29.1 Å². The topological polar surface area (TPSA) is 121 Å². The van der Waals surface area contributed by atoms with Crippen molar-refractivity contribution in [1.29, 1.82) is 0 Å². The Bertz CT molecular complexity index is 923. The number of carbonyl (C=O) groups excluding carboxylic acids is 5. The maximum atomic E-state index is 13.1. The molecule has 160 valence electrons. The summed E-state index contributed by atoms with van der Waals surface area (Å²) in [7, 11) is 0. The molecule has 0 bridgehead atoms. The number of hydrogen-bond acceptors (Lipinski definition) is 7. The molecule has 5 amide bonds. The molecule has 1 spiro atoms. The van der Waals surface area contributed by atoms with Crippen molar-refractivity contribution >= 4 is 30.2 Å². The monoisotopic (exact) mass is 416 g/mol. The third-order valence-corrected chi connectivity index (χ3v) is 5.32. The predicted molar refractivity (Wildman–Crippen MR) is 103 cm³/mol. The fraction of sp³-hybridized carbons (Fsp3) is 0.476. The summed E-state index contributed by atoms with van der Waals surface area (Å²) < 4.78 is 5.20. The molecule has 1 saturated heterocycles. The lowest BCUT2D eigenvalue weighted by molar-refractivity contribution is -0.157. The van der Waals surface area contributed by atoms with Gasteiger partial charge in [0.2, 0.25) is 12.3 Å². The number of benzene rings is 1. The minimum Gasteiger partial charge on any atom is -0.507 e. The second-order valence-electron chi connectivity index (χ2n) is 8.75. The minimum absolute atomic E-state index is 0.0684. The molecule has 9 nitrogen and oxygen atoms in total. The van der Waals surface area contributed by atoms with Crippen LogP contribution in [0.25, 0.3) is 0 Å². The Hall–Kier alpha value is -3.23. The highest BCUT2D eigenvalue weighted by molar-refractivity contribution is 6.17. The number of amides is 5. The molecular weight excluding hydrogens is 392 g/mol. The van der Waals surface area contributed by atoms with E-state index >= 15 is 0 Å². The van der Waals surface area contributed by atoms with E-state index in [0.29, 0.717) is 28.2 Å². The maximum absolute atomic E-state index is 13.1. The fourth-order valence-corrected chi connectivity index (χ4v) is 3.62. The molecule has 30 heavy (non-hydrogen) atoms. The second-order valence-corrected chi connectivity index (χ2v) is 8.75. The van der Waals surface area contributed by atoms with E-state index in [-0.39, 0.29) is 24.1 Å². The summed E-state index contributed by atoms with van der Waals surface area (Å²) in [4.78, 5) is 64.4. The zero-order valence-electron chi connectivity index (χ0n) is 17.3. The third kappa shape index (κ3) is 3.67. The van der Waals surface area contributed by atoms with Gasteiger partial charge in [0.25, 0.3) is 11.8 Å². The van der Waals surface area contributed by atoms with Crippen molar-refractivity contribution in [3.8, 4) is 5.75 Å². The number of likely N-dealkylation sites (tertiary alicyclic amines) is 1. The van der Waals surface area contributed by atoms with E-state index in [4.69, 9.17) is 4.74 Å². The van der Waals surface area contributed by atoms with E-state index in [0.717, 1.165) is 0 Å². The number of phenols is 1. The smallest absolute Gasteiger partial charge is 0.424 e. The zero-order chi connectivity index (χ0) is 22.4. The van der Waals surface area contributed by atoms with Crippen LogP contribution in [0.15, 0.2) is 18.2 Å². The summed E-state index contributed by atoms with van der Waals surface area (Å²) in [5.74, 6) is -2.89.